The Balaban J connectivity index is 1.27. The van der Waals surface area contributed by atoms with E-state index < -0.39 is 5.60 Å². The predicted molar refractivity (Wildman–Crippen MR) is 205 cm³/mol. The molecule has 3 aromatic rings. The molecule has 3 heterocycles. The van der Waals surface area contributed by atoms with Gasteiger partial charge in [0.25, 0.3) is 11.8 Å². The summed E-state index contributed by atoms with van der Waals surface area (Å²) in [5, 5.41) is 23.3. The number of likely N-dealkylation sites (tertiary alicyclic amines) is 1. The highest BCUT2D eigenvalue weighted by Gasteiger charge is 2.40. The molecule has 10 nitrogen and oxygen atoms in total. The molecule has 10 heteroatoms. The Hall–Kier alpha value is -4.38. The molecule has 1 saturated carbocycles. The van der Waals surface area contributed by atoms with Gasteiger partial charge in [-0.1, -0.05) is 56.7 Å². The Bertz CT molecular complexity index is 1880. The number of likely N-dealkylation sites (N-methyl/N-ethyl adjacent to an activating group) is 1. The van der Waals surface area contributed by atoms with Gasteiger partial charge in [-0.2, -0.15) is 0 Å². The minimum atomic E-state index is -0.497. The van der Waals surface area contributed by atoms with Crippen LogP contribution in [0.1, 0.15) is 99.3 Å². The zero-order valence-corrected chi connectivity index (χ0v) is 31.6. The molecule has 0 radical (unpaired) electrons. The molecule has 0 spiro atoms. The number of aromatic nitrogens is 1. The van der Waals surface area contributed by atoms with E-state index in [2.05, 4.69) is 49.3 Å². The topological polar surface area (TPSA) is 128 Å². The van der Waals surface area contributed by atoms with Gasteiger partial charge in [0, 0.05) is 67.9 Å². The number of amides is 2. The first-order valence-electron chi connectivity index (χ1n) is 18.4. The van der Waals surface area contributed by atoms with Crippen LogP contribution in [0.2, 0.25) is 0 Å². The molecule has 3 unspecified atom stereocenters. The van der Waals surface area contributed by atoms with E-state index in [9.17, 15) is 14.7 Å². The zero-order chi connectivity index (χ0) is 37.4. The standard InChI is InChI=1S/C42H53N5O5/c1-26-34(21-36(40(51)46(26)7)45-38-15-13-31(22-44-38)52-42(5,6)25-43-16-9-17-48)33-10-8-11-37(35(33)24-49)47-23-29-19-27(29)18-28-20-30(41(2,3)4)12-14-32(28)39(47)50/h8,10-15,18,20,22,26,29,34,43,48-49H,9,16-17,19,21,23-25H2,1-7H3. The minimum Gasteiger partial charge on any atom is -0.485 e. The van der Waals surface area contributed by atoms with Gasteiger partial charge in [0.1, 0.15) is 17.1 Å². The van der Waals surface area contributed by atoms with Crippen LogP contribution in [-0.2, 0) is 16.8 Å². The lowest BCUT2D eigenvalue weighted by Crippen LogP contribution is -2.48. The molecular weight excluding hydrogens is 654 g/mol. The molecule has 2 aromatic carbocycles. The molecule has 1 aliphatic carbocycles. The molecule has 3 atom stereocenters. The van der Waals surface area contributed by atoms with Crippen LogP contribution in [0, 0.1) is 5.92 Å². The van der Waals surface area contributed by atoms with E-state index in [1.54, 1.807) is 30.3 Å². The zero-order valence-electron chi connectivity index (χ0n) is 31.6. The van der Waals surface area contributed by atoms with Crippen molar-refractivity contribution >= 4 is 35.1 Å². The second kappa shape index (κ2) is 14.9. The summed E-state index contributed by atoms with van der Waals surface area (Å²) in [6.45, 7) is 14.3. The summed E-state index contributed by atoms with van der Waals surface area (Å²) in [7, 11) is 1.78. The van der Waals surface area contributed by atoms with Crippen LogP contribution in [0.3, 0.4) is 0 Å². The number of piperidine rings is 1. The number of fused-ring (bicyclic) bond motifs is 2. The van der Waals surface area contributed by atoms with Crippen molar-refractivity contribution in [1.29, 1.82) is 0 Å². The fraction of sp³-hybridized carbons (Fsp3) is 0.476. The number of carbonyl (C=O) groups excluding carboxylic acids is 2. The van der Waals surface area contributed by atoms with Crippen molar-refractivity contribution in [3.05, 3.63) is 88.1 Å². The fourth-order valence-corrected chi connectivity index (χ4v) is 7.32. The number of aliphatic imine (C=N–C) groups is 1. The first-order chi connectivity index (χ1) is 24.7. The van der Waals surface area contributed by atoms with Gasteiger partial charge in [0.2, 0.25) is 0 Å². The predicted octanol–water partition coefficient (Wildman–Crippen LogP) is 6.17. The highest BCUT2D eigenvalue weighted by atomic mass is 16.5. The number of benzene rings is 2. The molecule has 2 fully saturated rings. The van der Waals surface area contributed by atoms with E-state index in [1.807, 2.05) is 49.9 Å². The van der Waals surface area contributed by atoms with Crippen molar-refractivity contribution < 1.29 is 24.5 Å². The summed E-state index contributed by atoms with van der Waals surface area (Å²) < 4.78 is 6.14. The van der Waals surface area contributed by atoms with Crippen molar-refractivity contribution in [3.63, 3.8) is 0 Å². The lowest BCUT2D eigenvalue weighted by atomic mass is 9.80. The summed E-state index contributed by atoms with van der Waals surface area (Å²) >= 11 is 0. The molecule has 276 valence electrons. The molecule has 2 amide bonds. The van der Waals surface area contributed by atoms with E-state index >= 15 is 0 Å². The van der Waals surface area contributed by atoms with E-state index in [1.165, 1.54) is 11.1 Å². The summed E-state index contributed by atoms with van der Waals surface area (Å²) in [6.07, 6.45) is 5.79. The van der Waals surface area contributed by atoms with Gasteiger partial charge in [0.15, 0.2) is 5.82 Å². The monoisotopic (exact) mass is 707 g/mol. The largest absolute Gasteiger partial charge is 0.485 e. The van der Waals surface area contributed by atoms with Crippen LogP contribution in [0.4, 0.5) is 11.5 Å². The SMILES string of the molecule is CC1C(c2cccc(N3CC4CC4=Cc4cc(C(C)(C)C)ccc4C3=O)c2CO)CC(=Nc2ccc(OC(C)(C)CNCCCO)cn2)C(=O)N1C. The number of anilines is 1. The molecule has 1 aromatic heterocycles. The molecule has 3 aliphatic rings. The molecule has 0 bridgehead atoms. The summed E-state index contributed by atoms with van der Waals surface area (Å²) in [5.74, 6) is 0.862. The third-order valence-electron chi connectivity index (χ3n) is 10.6. The maximum atomic E-state index is 14.4. The Morgan fingerprint density at radius 3 is 2.50 bits per heavy atom. The number of hydrogen-bond acceptors (Lipinski definition) is 8. The van der Waals surface area contributed by atoms with Gasteiger partial charge in [-0.3, -0.25) is 9.59 Å². The minimum absolute atomic E-state index is 0.0440. The Labute approximate surface area is 307 Å². The maximum Gasteiger partial charge on any atom is 0.268 e. The van der Waals surface area contributed by atoms with Crippen molar-refractivity contribution in [2.75, 3.05) is 38.2 Å². The van der Waals surface area contributed by atoms with Crippen LogP contribution < -0.4 is 15.0 Å². The van der Waals surface area contributed by atoms with Gasteiger partial charge in [-0.05, 0) is 86.5 Å². The lowest BCUT2D eigenvalue weighted by Gasteiger charge is -2.39. The Morgan fingerprint density at radius 1 is 1.02 bits per heavy atom. The van der Waals surface area contributed by atoms with Gasteiger partial charge in [0.05, 0.1) is 12.8 Å². The smallest absolute Gasteiger partial charge is 0.268 e. The van der Waals surface area contributed by atoms with Crippen LogP contribution in [0.15, 0.2) is 65.3 Å². The molecule has 2 aliphatic heterocycles. The highest BCUT2D eigenvalue weighted by Crippen LogP contribution is 2.45. The molecule has 52 heavy (non-hydrogen) atoms. The number of nitrogens with zero attached hydrogens (tertiary/aromatic N) is 4. The highest BCUT2D eigenvalue weighted by molar-refractivity contribution is 6.40. The fourth-order valence-electron chi connectivity index (χ4n) is 7.32. The van der Waals surface area contributed by atoms with Crippen LogP contribution >= 0.6 is 0 Å². The number of rotatable bonds is 11. The Kier molecular flexibility index (Phi) is 10.7. The number of ether oxygens (including phenoxy) is 1. The quantitative estimate of drug-likeness (QED) is 0.204. The second-order valence-corrected chi connectivity index (χ2v) is 16.1. The first kappa shape index (κ1) is 37.4. The number of nitrogens with one attached hydrogen (secondary N) is 1. The molecule has 6 rings (SSSR count). The Morgan fingerprint density at radius 2 is 1.81 bits per heavy atom. The van der Waals surface area contributed by atoms with Crippen LogP contribution in [0.25, 0.3) is 6.08 Å². The third-order valence-corrected chi connectivity index (χ3v) is 10.6. The van der Waals surface area contributed by atoms with Crippen LogP contribution in [-0.4, -0.2) is 82.6 Å². The number of carbonyl (C=O) groups is 2. The van der Waals surface area contributed by atoms with E-state index in [-0.39, 0.29) is 48.3 Å². The maximum absolute atomic E-state index is 14.4. The first-order valence-corrected chi connectivity index (χ1v) is 18.4. The van der Waals surface area contributed by atoms with Crippen molar-refractivity contribution in [2.45, 2.75) is 90.4 Å². The van der Waals surface area contributed by atoms with Crippen LogP contribution in [0.5, 0.6) is 5.75 Å². The van der Waals surface area contributed by atoms with E-state index in [0.29, 0.717) is 66.6 Å². The third kappa shape index (κ3) is 7.99. The average Bonchev–Trinajstić information content (AvgIpc) is 3.84. The van der Waals surface area contributed by atoms with Gasteiger partial charge >= 0.3 is 0 Å². The molecular formula is C42H53N5O5. The lowest BCUT2D eigenvalue weighted by molar-refractivity contribution is -0.126. The summed E-state index contributed by atoms with van der Waals surface area (Å²) in [6, 6.07) is 15.4. The molecule has 3 N–H and O–H groups in total. The van der Waals surface area contributed by atoms with Crippen molar-refractivity contribution in [2.24, 2.45) is 10.9 Å². The van der Waals surface area contributed by atoms with Gasteiger partial charge < -0.3 is 30.1 Å². The number of hydrogen-bond donors (Lipinski definition) is 3. The normalized spacial score (nSPS) is 21.4. The van der Waals surface area contributed by atoms with Crippen molar-refractivity contribution in [3.8, 4) is 5.75 Å². The van der Waals surface area contributed by atoms with Gasteiger partial charge in [-0.25, -0.2) is 9.98 Å². The summed E-state index contributed by atoms with van der Waals surface area (Å²) in [5.41, 5.74) is 6.28. The van der Waals surface area contributed by atoms with Crippen molar-refractivity contribution in [1.82, 2.24) is 15.2 Å². The van der Waals surface area contributed by atoms with E-state index in [4.69, 9.17) is 14.8 Å². The number of pyridine rings is 1. The number of aliphatic hydroxyl groups is 2. The molecule has 1 saturated heterocycles. The van der Waals surface area contributed by atoms with Gasteiger partial charge in [-0.15, -0.1) is 0 Å². The summed E-state index contributed by atoms with van der Waals surface area (Å²) in [4.78, 5) is 40.7. The second-order valence-electron chi connectivity index (χ2n) is 16.1. The average molecular weight is 708 g/mol. The number of aliphatic hydroxyl groups excluding tert-OH is 2. The van der Waals surface area contributed by atoms with E-state index in [0.717, 1.165) is 17.5 Å².